The Morgan fingerprint density at radius 2 is 1.81 bits per heavy atom. The van der Waals surface area contributed by atoms with Crippen LogP contribution in [0.25, 0.3) is 5.65 Å². The first kappa shape index (κ1) is 13.7. The molecule has 2 aromatic heterocycles. The molecule has 3 heteroatoms. The van der Waals surface area contributed by atoms with Gasteiger partial charge in [-0.3, -0.25) is 0 Å². The zero-order valence-corrected chi connectivity index (χ0v) is 12.8. The first-order chi connectivity index (χ1) is 10.0. The molecule has 0 radical (unpaired) electrons. The number of nitrogens with one attached hydrogen (secondary N) is 1. The van der Waals surface area contributed by atoms with Crippen molar-refractivity contribution in [3.63, 3.8) is 0 Å². The number of imidazole rings is 1. The Hall–Kier alpha value is -2.29. The quantitative estimate of drug-likeness (QED) is 0.777. The fourth-order valence-electron chi connectivity index (χ4n) is 2.55. The normalized spacial score (nSPS) is 11.8. The average molecular weight is 279 g/mol. The van der Waals surface area contributed by atoms with Crippen molar-refractivity contribution in [2.75, 3.05) is 5.32 Å². The van der Waals surface area contributed by atoms with Gasteiger partial charge < -0.3 is 9.72 Å². The number of fused-ring (bicyclic) bond motifs is 1. The molecule has 2 heterocycles. The van der Waals surface area contributed by atoms with Crippen LogP contribution < -0.4 is 5.32 Å². The van der Waals surface area contributed by atoms with E-state index in [1.807, 2.05) is 28.8 Å². The van der Waals surface area contributed by atoms with Crippen LogP contribution in [0.3, 0.4) is 0 Å². The van der Waals surface area contributed by atoms with Crippen LogP contribution in [-0.4, -0.2) is 9.38 Å². The van der Waals surface area contributed by atoms with Crippen LogP contribution >= 0.6 is 0 Å². The summed E-state index contributed by atoms with van der Waals surface area (Å²) in [6.45, 7) is 7.43. The van der Waals surface area contributed by atoms with Crippen LogP contribution in [0.1, 0.15) is 32.0 Å². The molecule has 0 saturated carbocycles. The van der Waals surface area contributed by atoms with E-state index < -0.39 is 0 Å². The number of pyridine rings is 1. The Morgan fingerprint density at radius 3 is 2.57 bits per heavy atom. The fraction of sp³-hybridized carbons (Fsp3) is 0.278. The van der Waals surface area contributed by atoms with E-state index in [-0.39, 0.29) is 5.41 Å². The molecule has 108 valence electrons. The second-order valence-electron chi connectivity index (χ2n) is 6.35. The molecule has 0 saturated heterocycles. The maximum Gasteiger partial charge on any atom is 0.137 e. The van der Waals surface area contributed by atoms with Gasteiger partial charge in [-0.25, -0.2) is 4.98 Å². The van der Waals surface area contributed by atoms with Crippen molar-refractivity contribution in [3.05, 3.63) is 66.1 Å². The highest BCUT2D eigenvalue weighted by Crippen LogP contribution is 2.29. The molecule has 0 aliphatic carbocycles. The highest BCUT2D eigenvalue weighted by molar-refractivity contribution is 5.54. The lowest BCUT2D eigenvalue weighted by atomic mass is 9.86. The smallest absolute Gasteiger partial charge is 0.137 e. The third-order valence-electron chi connectivity index (χ3n) is 3.61. The topological polar surface area (TPSA) is 29.3 Å². The minimum Gasteiger partial charge on any atom is -0.379 e. The number of nitrogens with zero attached hydrogens (tertiary/aromatic N) is 2. The molecule has 0 aliphatic rings. The second-order valence-corrected chi connectivity index (χ2v) is 6.35. The maximum absolute atomic E-state index is 4.62. The summed E-state index contributed by atoms with van der Waals surface area (Å²) in [5.74, 6) is 0. The summed E-state index contributed by atoms with van der Waals surface area (Å²) < 4.78 is 2.05. The van der Waals surface area contributed by atoms with Gasteiger partial charge in [-0.15, -0.1) is 0 Å². The van der Waals surface area contributed by atoms with E-state index in [2.05, 4.69) is 61.5 Å². The lowest BCUT2D eigenvalue weighted by Crippen LogP contribution is -2.14. The van der Waals surface area contributed by atoms with Crippen molar-refractivity contribution < 1.29 is 0 Å². The van der Waals surface area contributed by atoms with Crippen molar-refractivity contribution >= 4 is 11.3 Å². The zero-order chi connectivity index (χ0) is 14.9. The number of para-hydroxylation sites is 1. The van der Waals surface area contributed by atoms with Gasteiger partial charge in [-0.1, -0.05) is 45.0 Å². The lowest BCUT2D eigenvalue weighted by Gasteiger charge is -2.23. The van der Waals surface area contributed by atoms with Gasteiger partial charge in [-0.2, -0.15) is 0 Å². The summed E-state index contributed by atoms with van der Waals surface area (Å²) in [6.07, 6.45) is 4.09. The lowest BCUT2D eigenvalue weighted by molar-refractivity contribution is 0.591. The van der Waals surface area contributed by atoms with E-state index in [0.717, 1.165) is 17.9 Å². The number of benzene rings is 1. The van der Waals surface area contributed by atoms with E-state index in [0.29, 0.717) is 0 Å². The molecule has 0 fully saturated rings. The summed E-state index contributed by atoms with van der Waals surface area (Å²) in [6, 6.07) is 14.5. The monoisotopic (exact) mass is 279 g/mol. The van der Waals surface area contributed by atoms with Crippen LogP contribution in [0.15, 0.2) is 54.9 Å². The average Bonchev–Trinajstić information content (AvgIpc) is 2.87. The maximum atomic E-state index is 4.62. The van der Waals surface area contributed by atoms with Crippen LogP contribution in [0.4, 0.5) is 5.69 Å². The van der Waals surface area contributed by atoms with Gasteiger partial charge in [0.25, 0.3) is 0 Å². The van der Waals surface area contributed by atoms with Gasteiger partial charge in [0, 0.05) is 18.1 Å². The van der Waals surface area contributed by atoms with E-state index in [9.17, 15) is 0 Å². The van der Waals surface area contributed by atoms with Crippen molar-refractivity contribution in [2.24, 2.45) is 0 Å². The molecular formula is C18H21N3. The Morgan fingerprint density at radius 1 is 1.05 bits per heavy atom. The van der Waals surface area contributed by atoms with Gasteiger partial charge in [0.2, 0.25) is 0 Å². The standard InChI is InChI=1S/C18H21N3/c1-18(2,3)15-8-4-5-9-16(15)19-12-14-13-21-11-7-6-10-17(21)20-14/h4-11,13,19H,12H2,1-3H3. The fourth-order valence-corrected chi connectivity index (χ4v) is 2.55. The third-order valence-corrected chi connectivity index (χ3v) is 3.61. The Bertz CT molecular complexity index is 717. The number of rotatable bonds is 3. The number of hydrogen-bond donors (Lipinski definition) is 1. The second kappa shape index (κ2) is 5.24. The first-order valence-electron chi connectivity index (χ1n) is 7.30. The Kier molecular flexibility index (Phi) is 3.42. The predicted octanol–water partition coefficient (Wildman–Crippen LogP) is 4.24. The Labute approximate surface area is 125 Å². The molecule has 3 aromatic rings. The van der Waals surface area contributed by atoms with E-state index >= 15 is 0 Å². The third kappa shape index (κ3) is 2.92. The molecule has 0 unspecified atom stereocenters. The molecule has 3 nitrogen and oxygen atoms in total. The number of hydrogen-bond acceptors (Lipinski definition) is 2. The molecule has 21 heavy (non-hydrogen) atoms. The summed E-state index contributed by atoms with van der Waals surface area (Å²) in [7, 11) is 0. The van der Waals surface area contributed by atoms with Crippen molar-refractivity contribution in [1.29, 1.82) is 0 Å². The largest absolute Gasteiger partial charge is 0.379 e. The molecule has 0 bridgehead atoms. The van der Waals surface area contributed by atoms with Gasteiger partial charge in [0.05, 0.1) is 12.2 Å². The van der Waals surface area contributed by atoms with Gasteiger partial charge >= 0.3 is 0 Å². The summed E-state index contributed by atoms with van der Waals surface area (Å²) in [4.78, 5) is 4.62. The zero-order valence-electron chi connectivity index (χ0n) is 12.8. The highest BCUT2D eigenvalue weighted by Gasteiger charge is 2.17. The molecule has 0 aliphatic heterocycles. The minimum atomic E-state index is 0.127. The summed E-state index contributed by atoms with van der Waals surface area (Å²) in [5.41, 5.74) is 4.67. The van der Waals surface area contributed by atoms with Crippen molar-refractivity contribution in [1.82, 2.24) is 9.38 Å². The van der Waals surface area contributed by atoms with Crippen LogP contribution in [0, 0.1) is 0 Å². The van der Waals surface area contributed by atoms with Crippen LogP contribution in [-0.2, 0) is 12.0 Å². The predicted molar refractivity (Wildman–Crippen MR) is 87.7 cm³/mol. The molecule has 0 atom stereocenters. The summed E-state index contributed by atoms with van der Waals surface area (Å²) >= 11 is 0. The summed E-state index contributed by atoms with van der Waals surface area (Å²) in [5, 5.41) is 3.52. The van der Waals surface area contributed by atoms with E-state index in [1.165, 1.54) is 11.3 Å². The minimum absolute atomic E-state index is 0.127. The Balaban J connectivity index is 1.82. The molecule has 1 aromatic carbocycles. The van der Waals surface area contributed by atoms with Gasteiger partial charge in [0.1, 0.15) is 5.65 Å². The van der Waals surface area contributed by atoms with Crippen molar-refractivity contribution in [2.45, 2.75) is 32.7 Å². The first-order valence-corrected chi connectivity index (χ1v) is 7.30. The number of aromatic nitrogens is 2. The van der Waals surface area contributed by atoms with Crippen LogP contribution in [0.5, 0.6) is 0 Å². The molecule has 3 rings (SSSR count). The SMILES string of the molecule is CC(C)(C)c1ccccc1NCc1cn2ccccc2n1. The van der Waals surface area contributed by atoms with Gasteiger partial charge in [-0.05, 0) is 29.2 Å². The van der Waals surface area contributed by atoms with Crippen molar-refractivity contribution in [3.8, 4) is 0 Å². The van der Waals surface area contributed by atoms with Gasteiger partial charge in [0.15, 0.2) is 0 Å². The molecule has 1 N–H and O–H groups in total. The molecule has 0 amide bonds. The van der Waals surface area contributed by atoms with E-state index in [1.54, 1.807) is 0 Å². The van der Waals surface area contributed by atoms with E-state index in [4.69, 9.17) is 0 Å². The van der Waals surface area contributed by atoms with Crippen LogP contribution in [0.2, 0.25) is 0 Å². The highest BCUT2D eigenvalue weighted by atomic mass is 15.0. The number of anilines is 1. The molecule has 0 spiro atoms. The molecular weight excluding hydrogens is 258 g/mol.